The van der Waals surface area contributed by atoms with Gasteiger partial charge in [-0.25, -0.2) is 0 Å². The average molecular weight is 221 g/mol. The number of hydrogen-bond donors (Lipinski definition) is 2. The smallest absolute Gasteiger partial charge is 0.0465 e. The lowest BCUT2D eigenvalue weighted by Gasteiger charge is -2.38. The van der Waals surface area contributed by atoms with Crippen LogP contribution < -0.4 is 5.73 Å². The van der Waals surface area contributed by atoms with Crippen LogP contribution in [0.3, 0.4) is 0 Å². The number of hydrogen-bond acceptors (Lipinski definition) is 2. The Balaban J connectivity index is 3.11. The minimum absolute atomic E-state index is 0.0786. The van der Waals surface area contributed by atoms with Crippen LogP contribution in [0.15, 0.2) is 30.3 Å². The summed E-state index contributed by atoms with van der Waals surface area (Å²) in [5.41, 5.74) is 7.16. The second-order valence-corrected chi connectivity index (χ2v) is 4.56. The fourth-order valence-corrected chi connectivity index (χ4v) is 2.49. The zero-order valence-electron chi connectivity index (χ0n) is 10.3. The molecule has 3 N–H and O–H groups in total. The number of aliphatic hydroxyl groups excluding tert-OH is 1. The van der Waals surface area contributed by atoms with Crippen molar-refractivity contribution in [3.05, 3.63) is 35.9 Å². The predicted molar refractivity (Wildman–Crippen MR) is 68.3 cm³/mol. The van der Waals surface area contributed by atoms with Crippen LogP contribution in [-0.2, 0) is 5.41 Å². The van der Waals surface area contributed by atoms with Crippen LogP contribution in [0.2, 0.25) is 0 Å². The lowest BCUT2D eigenvalue weighted by molar-refractivity contribution is 0.156. The summed E-state index contributed by atoms with van der Waals surface area (Å²) in [6.45, 7) is 5.02. The maximum atomic E-state index is 9.43. The highest BCUT2D eigenvalue weighted by atomic mass is 16.3. The first-order valence-electron chi connectivity index (χ1n) is 6.07. The van der Waals surface area contributed by atoms with Crippen molar-refractivity contribution in [1.82, 2.24) is 0 Å². The lowest BCUT2D eigenvalue weighted by Crippen LogP contribution is -2.42. The maximum absolute atomic E-state index is 9.43. The Kier molecular flexibility index (Phi) is 4.97. The molecule has 0 saturated heterocycles. The van der Waals surface area contributed by atoms with Gasteiger partial charge in [0.05, 0.1) is 0 Å². The van der Waals surface area contributed by atoms with Crippen molar-refractivity contribution in [1.29, 1.82) is 0 Å². The van der Waals surface area contributed by atoms with E-state index in [1.165, 1.54) is 5.56 Å². The SMILES string of the molecule is CCC[C@@](CN)(c1ccccc1)[C@H](C)CO. The second-order valence-electron chi connectivity index (χ2n) is 4.56. The molecule has 1 rings (SSSR count). The van der Waals surface area contributed by atoms with Crippen LogP contribution in [0.25, 0.3) is 0 Å². The van der Waals surface area contributed by atoms with E-state index in [9.17, 15) is 5.11 Å². The molecule has 0 aliphatic rings. The first-order valence-corrected chi connectivity index (χ1v) is 6.07. The van der Waals surface area contributed by atoms with Gasteiger partial charge in [0.25, 0.3) is 0 Å². The van der Waals surface area contributed by atoms with Crippen molar-refractivity contribution < 1.29 is 5.11 Å². The van der Waals surface area contributed by atoms with Crippen LogP contribution in [-0.4, -0.2) is 18.3 Å². The third-order valence-electron chi connectivity index (χ3n) is 3.63. The Hall–Kier alpha value is -0.860. The van der Waals surface area contributed by atoms with Crippen molar-refractivity contribution in [3.8, 4) is 0 Å². The average Bonchev–Trinajstić information content (AvgIpc) is 2.36. The summed E-state index contributed by atoms with van der Waals surface area (Å²) in [4.78, 5) is 0. The van der Waals surface area contributed by atoms with Gasteiger partial charge < -0.3 is 10.8 Å². The Morgan fingerprint density at radius 1 is 1.31 bits per heavy atom. The molecule has 0 spiro atoms. The Morgan fingerprint density at radius 3 is 2.38 bits per heavy atom. The molecule has 0 heterocycles. The summed E-state index contributed by atoms with van der Waals surface area (Å²) in [6, 6.07) is 10.3. The number of aliphatic hydroxyl groups is 1. The maximum Gasteiger partial charge on any atom is 0.0465 e. The summed E-state index contributed by atoms with van der Waals surface area (Å²) in [5.74, 6) is 0.194. The standard InChI is InChI=1S/C14H23NO/c1-3-9-14(11-15,12(2)10-16)13-7-5-4-6-8-13/h4-8,12,16H,3,9-11,15H2,1-2H3/t12-,14+/m1/s1. The lowest BCUT2D eigenvalue weighted by atomic mass is 9.68. The molecule has 1 aromatic carbocycles. The highest BCUT2D eigenvalue weighted by molar-refractivity contribution is 5.27. The van der Waals surface area contributed by atoms with Crippen molar-refractivity contribution in [2.24, 2.45) is 11.7 Å². The van der Waals surface area contributed by atoms with Gasteiger partial charge in [0, 0.05) is 18.6 Å². The molecule has 16 heavy (non-hydrogen) atoms. The fourth-order valence-electron chi connectivity index (χ4n) is 2.49. The number of rotatable bonds is 6. The summed E-state index contributed by atoms with van der Waals surface area (Å²) >= 11 is 0. The zero-order valence-corrected chi connectivity index (χ0v) is 10.3. The molecule has 0 unspecified atom stereocenters. The third kappa shape index (κ3) is 2.45. The molecule has 2 atom stereocenters. The van der Waals surface area contributed by atoms with Crippen molar-refractivity contribution >= 4 is 0 Å². The largest absolute Gasteiger partial charge is 0.396 e. The van der Waals surface area contributed by atoms with Gasteiger partial charge in [-0.05, 0) is 17.9 Å². The van der Waals surface area contributed by atoms with Crippen molar-refractivity contribution in [3.63, 3.8) is 0 Å². The molecule has 0 bridgehead atoms. The van der Waals surface area contributed by atoms with Crippen LogP contribution >= 0.6 is 0 Å². The van der Waals surface area contributed by atoms with E-state index in [1.807, 2.05) is 18.2 Å². The normalized spacial score (nSPS) is 16.8. The molecule has 0 fully saturated rings. The summed E-state index contributed by atoms with van der Waals surface area (Å²) in [7, 11) is 0. The van der Waals surface area contributed by atoms with Gasteiger partial charge in [0.2, 0.25) is 0 Å². The quantitative estimate of drug-likeness (QED) is 0.774. The van der Waals surface area contributed by atoms with Crippen molar-refractivity contribution in [2.75, 3.05) is 13.2 Å². The fraction of sp³-hybridized carbons (Fsp3) is 0.571. The molecule has 0 aliphatic heterocycles. The Bertz CT molecular complexity index is 299. The van der Waals surface area contributed by atoms with Gasteiger partial charge >= 0.3 is 0 Å². The topological polar surface area (TPSA) is 46.2 Å². The van der Waals surface area contributed by atoms with Gasteiger partial charge in [-0.15, -0.1) is 0 Å². The van der Waals surface area contributed by atoms with Gasteiger partial charge in [0.15, 0.2) is 0 Å². The third-order valence-corrected chi connectivity index (χ3v) is 3.63. The minimum Gasteiger partial charge on any atom is -0.396 e. The molecule has 2 nitrogen and oxygen atoms in total. The second kappa shape index (κ2) is 6.02. The van der Waals surface area contributed by atoms with Crippen molar-refractivity contribution in [2.45, 2.75) is 32.1 Å². The zero-order chi connectivity index (χ0) is 12.0. The molecule has 0 radical (unpaired) electrons. The minimum atomic E-state index is -0.0786. The van der Waals surface area contributed by atoms with Gasteiger partial charge in [0.1, 0.15) is 0 Å². The van der Waals surface area contributed by atoms with Gasteiger partial charge in [-0.1, -0.05) is 50.6 Å². The summed E-state index contributed by atoms with van der Waals surface area (Å²) in [5, 5.41) is 9.43. The van der Waals surface area contributed by atoms with Crippen LogP contribution in [0.4, 0.5) is 0 Å². The molecule has 1 aromatic rings. The number of benzene rings is 1. The summed E-state index contributed by atoms with van der Waals surface area (Å²) in [6.07, 6.45) is 2.10. The highest BCUT2D eigenvalue weighted by Gasteiger charge is 2.35. The molecule has 0 aliphatic carbocycles. The van der Waals surface area contributed by atoms with E-state index in [2.05, 4.69) is 26.0 Å². The Labute approximate surface area is 98.5 Å². The molecule has 0 saturated carbocycles. The van der Waals surface area contributed by atoms with E-state index in [4.69, 9.17) is 5.73 Å². The monoisotopic (exact) mass is 221 g/mol. The highest BCUT2D eigenvalue weighted by Crippen LogP contribution is 2.35. The predicted octanol–water partition coefficient (Wildman–Crippen LogP) is 2.31. The first-order chi connectivity index (χ1) is 7.71. The van der Waals surface area contributed by atoms with E-state index in [0.29, 0.717) is 6.54 Å². The van der Waals surface area contributed by atoms with Crippen LogP contribution in [0.5, 0.6) is 0 Å². The van der Waals surface area contributed by atoms with Crippen LogP contribution in [0, 0.1) is 5.92 Å². The molecule has 90 valence electrons. The molecule has 0 aromatic heterocycles. The molecule has 0 amide bonds. The van der Waals surface area contributed by atoms with Crippen LogP contribution in [0.1, 0.15) is 32.3 Å². The van der Waals surface area contributed by atoms with E-state index in [1.54, 1.807) is 0 Å². The summed E-state index contributed by atoms with van der Waals surface area (Å²) < 4.78 is 0. The molecular formula is C14H23NO. The molecule has 2 heteroatoms. The van der Waals surface area contributed by atoms with Gasteiger partial charge in [-0.3, -0.25) is 0 Å². The first kappa shape index (κ1) is 13.2. The molecular weight excluding hydrogens is 198 g/mol. The van der Waals surface area contributed by atoms with Gasteiger partial charge in [-0.2, -0.15) is 0 Å². The van der Waals surface area contributed by atoms with E-state index < -0.39 is 0 Å². The number of nitrogens with two attached hydrogens (primary N) is 1. The Morgan fingerprint density at radius 2 is 1.94 bits per heavy atom. The van der Waals surface area contributed by atoms with E-state index >= 15 is 0 Å². The van der Waals surface area contributed by atoms with E-state index in [-0.39, 0.29) is 17.9 Å². The van der Waals surface area contributed by atoms with E-state index in [0.717, 1.165) is 12.8 Å².